The summed E-state index contributed by atoms with van der Waals surface area (Å²) < 4.78 is 2.08. The van der Waals surface area contributed by atoms with Crippen molar-refractivity contribution in [3.05, 3.63) is 23.4 Å². The molecule has 5 heteroatoms. The monoisotopic (exact) mass is 231 g/mol. The summed E-state index contributed by atoms with van der Waals surface area (Å²) in [6.45, 7) is 8.29. The Bertz CT molecular complexity index is 559. The second-order valence-electron chi connectivity index (χ2n) is 4.94. The molecular weight excluding hydrogens is 214 g/mol. The van der Waals surface area contributed by atoms with Gasteiger partial charge in [0.25, 0.3) is 0 Å². The zero-order chi connectivity index (χ0) is 12.0. The van der Waals surface area contributed by atoms with Crippen molar-refractivity contribution in [2.45, 2.75) is 26.7 Å². The van der Waals surface area contributed by atoms with Crippen molar-refractivity contribution >= 4 is 5.65 Å². The van der Waals surface area contributed by atoms with Gasteiger partial charge < -0.3 is 5.32 Å². The number of aromatic nitrogens is 4. The van der Waals surface area contributed by atoms with E-state index in [-0.39, 0.29) is 0 Å². The van der Waals surface area contributed by atoms with Crippen molar-refractivity contribution in [2.75, 3.05) is 13.1 Å². The number of fused-ring (bicyclic) bond motifs is 1. The van der Waals surface area contributed by atoms with Gasteiger partial charge in [0, 0.05) is 24.2 Å². The molecule has 0 saturated carbocycles. The molecule has 1 fully saturated rings. The van der Waals surface area contributed by atoms with Crippen LogP contribution >= 0.6 is 0 Å². The Balaban J connectivity index is 2.17. The first-order chi connectivity index (χ1) is 8.16. The van der Waals surface area contributed by atoms with Crippen LogP contribution in [0, 0.1) is 19.8 Å². The number of rotatable bonds is 1. The van der Waals surface area contributed by atoms with Crippen molar-refractivity contribution in [1.29, 1.82) is 0 Å². The van der Waals surface area contributed by atoms with Crippen LogP contribution in [0.2, 0.25) is 0 Å². The third-order valence-electron chi connectivity index (χ3n) is 3.56. The van der Waals surface area contributed by atoms with Gasteiger partial charge in [0.2, 0.25) is 0 Å². The van der Waals surface area contributed by atoms with Crippen LogP contribution in [0.5, 0.6) is 0 Å². The fourth-order valence-corrected chi connectivity index (χ4v) is 2.65. The normalized spacial score (nSPS) is 24.6. The molecule has 1 aliphatic rings. The highest BCUT2D eigenvalue weighted by molar-refractivity contribution is 5.40. The Hall–Kier alpha value is -1.49. The molecular formula is C12H17N5. The Morgan fingerprint density at radius 3 is 2.82 bits per heavy atom. The largest absolute Gasteiger partial charge is 0.316 e. The zero-order valence-corrected chi connectivity index (χ0v) is 10.4. The number of nitrogens with one attached hydrogen (secondary N) is 1. The molecule has 2 atom stereocenters. The standard InChI is InChI=1S/C12H17N5/c1-7-5-13-6-10(7)12-16-15-11-4-8(2)14-9(3)17(11)12/h4,7,10,13H,5-6H2,1-3H3. The van der Waals surface area contributed by atoms with Gasteiger partial charge in [-0.15, -0.1) is 10.2 Å². The molecule has 1 aliphatic heterocycles. The third kappa shape index (κ3) is 1.61. The maximum Gasteiger partial charge on any atom is 0.164 e. The van der Waals surface area contributed by atoms with E-state index in [9.17, 15) is 0 Å². The van der Waals surface area contributed by atoms with Gasteiger partial charge in [-0.25, -0.2) is 4.98 Å². The summed E-state index contributed by atoms with van der Waals surface area (Å²) in [5.41, 5.74) is 1.90. The van der Waals surface area contributed by atoms with E-state index in [0.29, 0.717) is 11.8 Å². The highest BCUT2D eigenvalue weighted by atomic mass is 15.3. The first-order valence-electron chi connectivity index (χ1n) is 6.07. The van der Waals surface area contributed by atoms with Gasteiger partial charge in [-0.3, -0.25) is 4.40 Å². The molecule has 2 aromatic heterocycles. The van der Waals surface area contributed by atoms with E-state index in [1.54, 1.807) is 0 Å². The topological polar surface area (TPSA) is 55.1 Å². The van der Waals surface area contributed by atoms with Crippen molar-refractivity contribution in [3.8, 4) is 0 Å². The molecule has 0 bridgehead atoms. The van der Waals surface area contributed by atoms with E-state index in [4.69, 9.17) is 0 Å². The van der Waals surface area contributed by atoms with Crippen LogP contribution in [0.25, 0.3) is 5.65 Å². The lowest BCUT2D eigenvalue weighted by molar-refractivity contribution is 0.539. The second kappa shape index (κ2) is 3.77. The molecule has 0 amide bonds. The van der Waals surface area contributed by atoms with Crippen LogP contribution in [0.4, 0.5) is 0 Å². The molecule has 1 saturated heterocycles. The molecule has 17 heavy (non-hydrogen) atoms. The van der Waals surface area contributed by atoms with Gasteiger partial charge in [-0.05, 0) is 26.3 Å². The molecule has 3 heterocycles. The van der Waals surface area contributed by atoms with Crippen LogP contribution in [0.1, 0.15) is 30.2 Å². The molecule has 5 nitrogen and oxygen atoms in total. The Kier molecular flexibility index (Phi) is 2.36. The van der Waals surface area contributed by atoms with Crippen LogP contribution in [-0.4, -0.2) is 32.7 Å². The predicted octanol–water partition coefficient (Wildman–Crippen LogP) is 1.06. The average Bonchev–Trinajstić information content (AvgIpc) is 2.83. The van der Waals surface area contributed by atoms with Gasteiger partial charge in [0.05, 0.1) is 0 Å². The molecule has 3 rings (SSSR count). The summed E-state index contributed by atoms with van der Waals surface area (Å²) >= 11 is 0. The molecule has 1 N–H and O–H groups in total. The van der Waals surface area contributed by atoms with E-state index >= 15 is 0 Å². The molecule has 2 aromatic rings. The summed E-state index contributed by atoms with van der Waals surface area (Å²) in [6.07, 6.45) is 0. The fraction of sp³-hybridized carbons (Fsp3) is 0.583. The summed E-state index contributed by atoms with van der Waals surface area (Å²) in [4.78, 5) is 4.49. The number of hydrogen-bond donors (Lipinski definition) is 1. The van der Waals surface area contributed by atoms with E-state index in [1.807, 2.05) is 19.9 Å². The molecule has 2 unspecified atom stereocenters. The van der Waals surface area contributed by atoms with Crippen molar-refractivity contribution < 1.29 is 0 Å². The summed E-state index contributed by atoms with van der Waals surface area (Å²) in [5.74, 6) is 3.05. The molecule has 90 valence electrons. The minimum atomic E-state index is 0.438. The summed E-state index contributed by atoms with van der Waals surface area (Å²) in [7, 11) is 0. The quantitative estimate of drug-likeness (QED) is 0.797. The molecule has 0 aromatic carbocycles. The number of nitrogens with zero attached hydrogens (tertiary/aromatic N) is 4. The number of aryl methyl sites for hydroxylation is 2. The van der Waals surface area contributed by atoms with E-state index in [1.165, 1.54) is 0 Å². The smallest absolute Gasteiger partial charge is 0.164 e. The fourth-order valence-electron chi connectivity index (χ4n) is 2.65. The third-order valence-corrected chi connectivity index (χ3v) is 3.56. The second-order valence-corrected chi connectivity index (χ2v) is 4.94. The van der Waals surface area contributed by atoms with Crippen molar-refractivity contribution in [3.63, 3.8) is 0 Å². The zero-order valence-electron chi connectivity index (χ0n) is 10.4. The lowest BCUT2D eigenvalue weighted by Crippen LogP contribution is -2.13. The first kappa shape index (κ1) is 10.7. The highest BCUT2D eigenvalue weighted by Gasteiger charge is 2.29. The van der Waals surface area contributed by atoms with Crippen LogP contribution in [0.15, 0.2) is 6.07 Å². The molecule has 0 aliphatic carbocycles. The van der Waals surface area contributed by atoms with Gasteiger partial charge in [-0.2, -0.15) is 0 Å². The molecule has 0 spiro atoms. The number of hydrogen-bond acceptors (Lipinski definition) is 4. The van der Waals surface area contributed by atoms with Crippen molar-refractivity contribution in [2.24, 2.45) is 5.92 Å². The Morgan fingerprint density at radius 2 is 2.12 bits per heavy atom. The SMILES string of the molecule is Cc1cc2nnc(C3CNCC3C)n2c(C)n1. The van der Waals surface area contributed by atoms with E-state index in [0.717, 1.165) is 36.1 Å². The lowest BCUT2D eigenvalue weighted by atomic mass is 9.97. The minimum absolute atomic E-state index is 0.438. The summed E-state index contributed by atoms with van der Waals surface area (Å²) in [5, 5.41) is 12.0. The summed E-state index contributed by atoms with van der Waals surface area (Å²) in [6, 6.07) is 1.98. The Morgan fingerprint density at radius 1 is 1.29 bits per heavy atom. The maximum atomic E-state index is 4.49. The Labute approximate surface area is 100 Å². The van der Waals surface area contributed by atoms with Crippen LogP contribution < -0.4 is 5.32 Å². The highest BCUT2D eigenvalue weighted by Crippen LogP contribution is 2.27. The lowest BCUT2D eigenvalue weighted by Gasteiger charge is -2.13. The van der Waals surface area contributed by atoms with Gasteiger partial charge in [0.15, 0.2) is 5.65 Å². The van der Waals surface area contributed by atoms with Gasteiger partial charge in [-0.1, -0.05) is 6.92 Å². The first-order valence-corrected chi connectivity index (χ1v) is 6.07. The van der Waals surface area contributed by atoms with Crippen LogP contribution in [0.3, 0.4) is 0 Å². The van der Waals surface area contributed by atoms with Crippen LogP contribution in [-0.2, 0) is 0 Å². The average molecular weight is 231 g/mol. The maximum absolute atomic E-state index is 4.49. The predicted molar refractivity (Wildman–Crippen MR) is 65.0 cm³/mol. The van der Waals surface area contributed by atoms with E-state index < -0.39 is 0 Å². The molecule has 0 radical (unpaired) electrons. The van der Waals surface area contributed by atoms with Gasteiger partial charge in [0.1, 0.15) is 11.6 Å². The minimum Gasteiger partial charge on any atom is -0.316 e. The van der Waals surface area contributed by atoms with Gasteiger partial charge >= 0.3 is 0 Å². The van der Waals surface area contributed by atoms with Crippen molar-refractivity contribution in [1.82, 2.24) is 24.9 Å². The van der Waals surface area contributed by atoms with E-state index in [2.05, 4.69) is 31.8 Å².